The molecule has 0 amide bonds. The molecule has 0 saturated carbocycles. The highest BCUT2D eigenvalue weighted by Crippen LogP contribution is 2.32. The summed E-state index contributed by atoms with van der Waals surface area (Å²) in [6.45, 7) is 6.56. The first-order chi connectivity index (χ1) is 8.20. The average Bonchev–Trinajstić information content (AvgIpc) is 2.34. The summed E-state index contributed by atoms with van der Waals surface area (Å²) in [5, 5.41) is 0. The second kappa shape index (κ2) is 5.42. The summed E-state index contributed by atoms with van der Waals surface area (Å²) in [6, 6.07) is 15.3. The molecular weight excluding hydrogens is 224 g/mol. The Hall–Kier alpha value is -1.21. The third-order valence-corrected chi connectivity index (χ3v) is 4.32. The van der Waals surface area contributed by atoms with E-state index in [0.717, 1.165) is 6.42 Å². The van der Waals surface area contributed by atoms with Gasteiger partial charge in [0.1, 0.15) is 0 Å². The van der Waals surface area contributed by atoms with Crippen LogP contribution in [0.25, 0.3) is 0 Å². The van der Waals surface area contributed by atoms with Gasteiger partial charge in [0.2, 0.25) is 0 Å². The molecular formula is C16H18S. The van der Waals surface area contributed by atoms with Crippen LogP contribution >= 0.6 is 11.8 Å². The van der Waals surface area contributed by atoms with Gasteiger partial charge in [0.25, 0.3) is 0 Å². The molecule has 0 bridgehead atoms. The first-order valence-corrected chi connectivity index (χ1v) is 6.85. The van der Waals surface area contributed by atoms with E-state index in [4.69, 9.17) is 0 Å². The van der Waals surface area contributed by atoms with E-state index in [-0.39, 0.29) is 0 Å². The lowest BCUT2D eigenvalue weighted by Crippen LogP contribution is -1.86. The van der Waals surface area contributed by atoms with Crippen LogP contribution in [0.1, 0.15) is 23.6 Å². The van der Waals surface area contributed by atoms with E-state index >= 15 is 0 Å². The number of aryl methyl sites for hydroxylation is 3. The number of hydrogen-bond acceptors (Lipinski definition) is 1. The zero-order valence-corrected chi connectivity index (χ0v) is 11.5. The van der Waals surface area contributed by atoms with Crippen molar-refractivity contribution in [3.63, 3.8) is 0 Å². The lowest BCUT2D eigenvalue weighted by atomic mass is 10.1. The Morgan fingerprint density at radius 3 is 2.24 bits per heavy atom. The van der Waals surface area contributed by atoms with Gasteiger partial charge in [-0.25, -0.2) is 0 Å². The van der Waals surface area contributed by atoms with E-state index in [0.29, 0.717) is 0 Å². The summed E-state index contributed by atoms with van der Waals surface area (Å²) in [5.74, 6) is 0. The Morgan fingerprint density at radius 2 is 1.59 bits per heavy atom. The molecule has 0 spiro atoms. The normalized spacial score (nSPS) is 10.5. The number of rotatable bonds is 3. The van der Waals surface area contributed by atoms with Crippen LogP contribution in [-0.2, 0) is 6.42 Å². The summed E-state index contributed by atoms with van der Waals surface area (Å²) in [5.41, 5.74) is 4.13. The molecule has 0 N–H and O–H groups in total. The van der Waals surface area contributed by atoms with E-state index in [1.54, 1.807) is 0 Å². The van der Waals surface area contributed by atoms with Crippen LogP contribution in [0.4, 0.5) is 0 Å². The SMILES string of the molecule is CCc1ccc(Sc2ccccc2C)c(C)c1. The van der Waals surface area contributed by atoms with Crippen LogP contribution < -0.4 is 0 Å². The molecule has 2 aromatic rings. The summed E-state index contributed by atoms with van der Waals surface area (Å²) >= 11 is 1.86. The van der Waals surface area contributed by atoms with Crippen molar-refractivity contribution in [1.82, 2.24) is 0 Å². The molecule has 0 aliphatic rings. The van der Waals surface area contributed by atoms with Gasteiger partial charge < -0.3 is 0 Å². The van der Waals surface area contributed by atoms with Gasteiger partial charge >= 0.3 is 0 Å². The zero-order valence-electron chi connectivity index (χ0n) is 10.7. The Labute approximate surface area is 108 Å². The fraction of sp³-hybridized carbons (Fsp3) is 0.250. The topological polar surface area (TPSA) is 0 Å². The minimum Gasteiger partial charge on any atom is -0.0895 e. The van der Waals surface area contributed by atoms with E-state index in [1.807, 2.05) is 11.8 Å². The van der Waals surface area contributed by atoms with E-state index in [1.165, 1.54) is 26.5 Å². The van der Waals surface area contributed by atoms with Crippen molar-refractivity contribution in [2.75, 3.05) is 0 Å². The molecule has 88 valence electrons. The number of hydrogen-bond donors (Lipinski definition) is 0. The maximum atomic E-state index is 2.29. The van der Waals surface area contributed by atoms with Gasteiger partial charge in [0, 0.05) is 9.79 Å². The summed E-state index contributed by atoms with van der Waals surface area (Å²) in [4.78, 5) is 2.70. The predicted molar refractivity (Wildman–Crippen MR) is 75.9 cm³/mol. The van der Waals surface area contributed by atoms with Gasteiger partial charge in [0.05, 0.1) is 0 Å². The molecule has 17 heavy (non-hydrogen) atoms. The molecule has 0 radical (unpaired) electrons. The zero-order chi connectivity index (χ0) is 12.3. The van der Waals surface area contributed by atoms with Crippen LogP contribution in [0.15, 0.2) is 52.3 Å². The highest BCUT2D eigenvalue weighted by atomic mass is 32.2. The summed E-state index contributed by atoms with van der Waals surface area (Å²) in [6.07, 6.45) is 1.11. The highest BCUT2D eigenvalue weighted by Gasteiger charge is 2.03. The lowest BCUT2D eigenvalue weighted by Gasteiger charge is -2.09. The van der Waals surface area contributed by atoms with Crippen molar-refractivity contribution >= 4 is 11.8 Å². The summed E-state index contributed by atoms with van der Waals surface area (Å²) < 4.78 is 0. The van der Waals surface area contributed by atoms with Crippen molar-refractivity contribution in [3.8, 4) is 0 Å². The van der Waals surface area contributed by atoms with Crippen molar-refractivity contribution in [3.05, 3.63) is 59.2 Å². The minimum atomic E-state index is 1.11. The molecule has 0 aromatic heterocycles. The molecule has 0 aliphatic carbocycles. The van der Waals surface area contributed by atoms with Crippen molar-refractivity contribution in [2.45, 2.75) is 37.0 Å². The second-order valence-corrected chi connectivity index (χ2v) is 5.40. The van der Waals surface area contributed by atoms with Gasteiger partial charge in [-0.15, -0.1) is 0 Å². The fourth-order valence-corrected chi connectivity index (χ4v) is 2.80. The molecule has 0 nitrogen and oxygen atoms in total. The maximum Gasteiger partial charge on any atom is 0.0151 e. The Bertz CT molecular complexity index is 515. The minimum absolute atomic E-state index is 1.11. The van der Waals surface area contributed by atoms with Gasteiger partial charge in [-0.3, -0.25) is 0 Å². The van der Waals surface area contributed by atoms with Gasteiger partial charge in [0.15, 0.2) is 0 Å². The van der Waals surface area contributed by atoms with Crippen LogP contribution in [0.2, 0.25) is 0 Å². The van der Waals surface area contributed by atoms with E-state index in [9.17, 15) is 0 Å². The van der Waals surface area contributed by atoms with Crippen molar-refractivity contribution in [2.24, 2.45) is 0 Å². The monoisotopic (exact) mass is 242 g/mol. The third-order valence-electron chi connectivity index (χ3n) is 2.96. The molecule has 0 aliphatic heterocycles. The fourth-order valence-electron chi connectivity index (χ4n) is 1.84. The third kappa shape index (κ3) is 2.92. The largest absolute Gasteiger partial charge is 0.0895 e. The van der Waals surface area contributed by atoms with Crippen LogP contribution in [0.5, 0.6) is 0 Å². The first kappa shape index (κ1) is 12.3. The standard InChI is InChI=1S/C16H18S/c1-4-14-9-10-16(13(3)11-14)17-15-8-6-5-7-12(15)2/h5-11H,4H2,1-3H3. The van der Waals surface area contributed by atoms with E-state index < -0.39 is 0 Å². The van der Waals surface area contributed by atoms with Crippen LogP contribution in [0, 0.1) is 13.8 Å². The van der Waals surface area contributed by atoms with Gasteiger partial charge in [-0.1, -0.05) is 49.0 Å². The quantitative estimate of drug-likeness (QED) is 0.728. The molecule has 1 heteroatoms. The Morgan fingerprint density at radius 1 is 0.882 bits per heavy atom. The van der Waals surface area contributed by atoms with Crippen LogP contribution in [-0.4, -0.2) is 0 Å². The van der Waals surface area contributed by atoms with Crippen molar-refractivity contribution in [1.29, 1.82) is 0 Å². The summed E-state index contributed by atoms with van der Waals surface area (Å²) in [7, 11) is 0. The molecule has 2 rings (SSSR count). The Kier molecular flexibility index (Phi) is 3.90. The predicted octanol–water partition coefficient (Wildman–Crippen LogP) is 5.02. The van der Waals surface area contributed by atoms with Gasteiger partial charge in [-0.2, -0.15) is 0 Å². The van der Waals surface area contributed by atoms with Crippen molar-refractivity contribution < 1.29 is 0 Å². The Balaban J connectivity index is 2.28. The molecule has 2 aromatic carbocycles. The molecule has 0 unspecified atom stereocenters. The molecule has 0 saturated heterocycles. The highest BCUT2D eigenvalue weighted by molar-refractivity contribution is 7.99. The van der Waals surface area contributed by atoms with E-state index in [2.05, 4.69) is 63.2 Å². The smallest absolute Gasteiger partial charge is 0.0151 e. The first-order valence-electron chi connectivity index (χ1n) is 6.03. The second-order valence-electron chi connectivity index (χ2n) is 4.32. The molecule has 0 heterocycles. The number of benzene rings is 2. The average molecular weight is 242 g/mol. The molecule has 0 fully saturated rings. The molecule has 0 atom stereocenters. The lowest BCUT2D eigenvalue weighted by molar-refractivity contribution is 1.11. The maximum absolute atomic E-state index is 2.29. The van der Waals surface area contributed by atoms with Gasteiger partial charge in [-0.05, 0) is 49.1 Å². The van der Waals surface area contributed by atoms with Crippen LogP contribution in [0.3, 0.4) is 0 Å².